The van der Waals surface area contributed by atoms with E-state index in [4.69, 9.17) is 19.9 Å². The van der Waals surface area contributed by atoms with E-state index in [1.165, 1.54) is 7.11 Å². The van der Waals surface area contributed by atoms with Gasteiger partial charge < -0.3 is 19.9 Å². The first-order chi connectivity index (χ1) is 11.1. The fourth-order valence-corrected chi connectivity index (χ4v) is 2.15. The van der Waals surface area contributed by atoms with Crippen molar-refractivity contribution in [1.29, 1.82) is 0 Å². The average Bonchev–Trinajstić information content (AvgIpc) is 2.54. The van der Waals surface area contributed by atoms with Gasteiger partial charge in [-0.3, -0.25) is 4.79 Å². The Balaban J connectivity index is 1.88. The van der Waals surface area contributed by atoms with E-state index in [-0.39, 0.29) is 0 Å². The smallest absolute Gasteiger partial charge is 0.252 e. The molecule has 0 aliphatic carbocycles. The fourth-order valence-electron chi connectivity index (χ4n) is 2.15. The van der Waals surface area contributed by atoms with Crippen molar-refractivity contribution in [3.05, 3.63) is 53.6 Å². The second-order valence-electron chi connectivity index (χ2n) is 5.07. The van der Waals surface area contributed by atoms with E-state index in [2.05, 4.69) is 0 Å². The number of carbonyl (C=O) groups is 1. The van der Waals surface area contributed by atoms with Crippen LogP contribution >= 0.6 is 0 Å². The predicted molar refractivity (Wildman–Crippen MR) is 88.3 cm³/mol. The van der Waals surface area contributed by atoms with Crippen molar-refractivity contribution in [2.24, 2.45) is 5.73 Å². The number of rotatable bonds is 8. The van der Waals surface area contributed by atoms with E-state index < -0.39 is 5.91 Å². The zero-order valence-corrected chi connectivity index (χ0v) is 13.4. The molecule has 0 fully saturated rings. The van der Waals surface area contributed by atoms with Crippen LogP contribution in [0.5, 0.6) is 17.2 Å². The summed E-state index contributed by atoms with van der Waals surface area (Å²) < 4.78 is 16.5. The van der Waals surface area contributed by atoms with Crippen LogP contribution in [0.15, 0.2) is 42.5 Å². The predicted octanol–water partition coefficient (Wildman–Crippen LogP) is 2.95. The number of para-hydroxylation sites is 1. The van der Waals surface area contributed by atoms with Gasteiger partial charge in [-0.15, -0.1) is 0 Å². The number of hydrogen-bond acceptors (Lipinski definition) is 4. The Morgan fingerprint density at radius 1 is 1.09 bits per heavy atom. The summed E-state index contributed by atoms with van der Waals surface area (Å²) in [4.78, 5) is 11.5. The van der Waals surface area contributed by atoms with Crippen molar-refractivity contribution < 1.29 is 19.0 Å². The van der Waals surface area contributed by atoms with Crippen LogP contribution < -0.4 is 19.9 Å². The van der Waals surface area contributed by atoms with Gasteiger partial charge in [0.1, 0.15) is 5.75 Å². The Kier molecular flexibility index (Phi) is 5.86. The maximum atomic E-state index is 11.5. The summed E-state index contributed by atoms with van der Waals surface area (Å²) >= 11 is 0. The molecule has 23 heavy (non-hydrogen) atoms. The van der Waals surface area contributed by atoms with Crippen LogP contribution in [0.3, 0.4) is 0 Å². The fraction of sp³-hybridized carbons (Fsp3) is 0.278. The van der Waals surface area contributed by atoms with Gasteiger partial charge in [-0.1, -0.05) is 18.2 Å². The van der Waals surface area contributed by atoms with Gasteiger partial charge in [-0.05, 0) is 36.8 Å². The molecular formula is C18H21NO4. The second-order valence-corrected chi connectivity index (χ2v) is 5.07. The SMILES string of the molecule is COc1cccc(C(N)=O)c1OCCCOc1cccc(C)c1. The molecule has 0 spiro atoms. The number of ether oxygens (including phenoxy) is 3. The number of carbonyl (C=O) groups excluding carboxylic acids is 1. The highest BCUT2D eigenvalue weighted by atomic mass is 16.5. The summed E-state index contributed by atoms with van der Waals surface area (Å²) in [6.45, 7) is 2.93. The molecule has 5 heteroatoms. The highest BCUT2D eigenvalue weighted by molar-refractivity contribution is 5.96. The van der Waals surface area contributed by atoms with Crippen molar-refractivity contribution in [3.8, 4) is 17.2 Å². The molecule has 2 aromatic carbocycles. The zero-order valence-electron chi connectivity index (χ0n) is 13.4. The van der Waals surface area contributed by atoms with Crippen LogP contribution in [0.25, 0.3) is 0 Å². The standard InChI is InChI=1S/C18H21NO4/c1-13-6-3-7-14(12-13)22-10-5-11-23-17-15(18(19)20)8-4-9-16(17)21-2/h3-4,6-9,12H,5,10-11H2,1-2H3,(H2,19,20). The van der Waals surface area contributed by atoms with Crippen molar-refractivity contribution in [2.75, 3.05) is 20.3 Å². The quantitative estimate of drug-likeness (QED) is 0.760. The lowest BCUT2D eigenvalue weighted by Gasteiger charge is -2.13. The molecule has 5 nitrogen and oxygen atoms in total. The lowest BCUT2D eigenvalue weighted by atomic mass is 10.2. The van der Waals surface area contributed by atoms with Gasteiger partial charge in [0.05, 0.1) is 25.9 Å². The third kappa shape index (κ3) is 4.64. The first-order valence-corrected chi connectivity index (χ1v) is 7.41. The van der Waals surface area contributed by atoms with E-state index in [0.717, 1.165) is 11.3 Å². The summed E-state index contributed by atoms with van der Waals surface area (Å²) in [5.74, 6) is 1.15. The summed E-state index contributed by atoms with van der Waals surface area (Å²) in [5, 5.41) is 0. The largest absolute Gasteiger partial charge is 0.493 e. The van der Waals surface area contributed by atoms with E-state index in [1.54, 1.807) is 18.2 Å². The third-order valence-corrected chi connectivity index (χ3v) is 3.26. The van der Waals surface area contributed by atoms with Crippen LogP contribution in [0, 0.1) is 6.92 Å². The highest BCUT2D eigenvalue weighted by Gasteiger charge is 2.14. The maximum absolute atomic E-state index is 11.5. The van der Waals surface area contributed by atoms with Crippen LogP contribution in [0.1, 0.15) is 22.3 Å². The minimum absolute atomic E-state index is 0.309. The maximum Gasteiger partial charge on any atom is 0.252 e. The van der Waals surface area contributed by atoms with Gasteiger partial charge >= 0.3 is 0 Å². The first-order valence-electron chi connectivity index (χ1n) is 7.41. The van der Waals surface area contributed by atoms with Crippen LogP contribution in [0.4, 0.5) is 0 Å². The minimum Gasteiger partial charge on any atom is -0.493 e. The Labute approximate surface area is 136 Å². The summed E-state index contributed by atoms with van der Waals surface area (Å²) in [7, 11) is 1.52. The number of hydrogen-bond donors (Lipinski definition) is 1. The average molecular weight is 315 g/mol. The molecule has 2 N–H and O–H groups in total. The van der Waals surface area contributed by atoms with Gasteiger partial charge in [0.25, 0.3) is 5.91 Å². The molecule has 0 bridgehead atoms. The molecule has 0 radical (unpaired) electrons. The monoisotopic (exact) mass is 315 g/mol. The molecular weight excluding hydrogens is 294 g/mol. The van der Waals surface area contributed by atoms with E-state index in [1.807, 2.05) is 31.2 Å². The van der Waals surface area contributed by atoms with E-state index in [9.17, 15) is 4.79 Å². The number of methoxy groups -OCH3 is 1. The van der Waals surface area contributed by atoms with E-state index >= 15 is 0 Å². The molecule has 0 saturated heterocycles. The Morgan fingerprint density at radius 3 is 2.52 bits per heavy atom. The van der Waals surface area contributed by atoms with Crippen LogP contribution in [-0.2, 0) is 0 Å². The normalized spacial score (nSPS) is 10.2. The number of benzene rings is 2. The van der Waals surface area contributed by atoms with Gasteiger partial charge in [0, 0.05) is 6.42 Å². The lowest BCUT2D eigenvalue weighted by Crippen LogP contribution is -2.14. The third-order valence-electron chi connectivity index (χ3n) is 3.26. The Morgan fingerprint density at radius 2 is 1.83 bits per heavy atom. The molecule has 122 valence electrons. The Bertz CT molecular complexity index is 670. The second kappa shape index (κ2) is 8.08. The van der Waals surface area contributed by atoms with Gasteiger partial charge in [-0.25, -0.2) is 0 Å². The van der Waals surface area contributed by atoms with Crippen LogP contribution in [-0.4, -0.2) is 26.2 Å². The molecule has 2 aromatic rings. The number of nitrogens with two attached hydrogens (primary N) is 1. The van der Waals surface area contributed by atoms with Crippen molar-refractivity contribution in [2.45, 2.75) is 13.3 Å². The van der Waals surface area contributed by atoms with Gasteiger partial charge in [0.2, 0.25) is 0 Å². The molecule has 0 saturated carbocycles. The number of amides is 1. The zero-order chi connectivity index (χ0) is 16.7. The molecule has 0 aliphatic heterocycles. The van der Waals surface area contributed by atoms with Crippen molar-refractivity contribution in [3.63, 3.8) is 0 Å². The number of aryl methyl sites for hydroxylation is 1. The van der Waals surface area contributed by atoms with Gasteiger partial charge in [-0.2, -0.15) is 0 Å². The molecule has 0 unspecified atom stereocenters. The van der Waals surface area contributed by atoms with Crippen molar-refractivity contribution in [1.82, 2.24) is 0 Å². The molecule has 0 heterocycles. The minimum atomic E-state index is -0.546. The molecule has 0 atom stereocenters. The molecule has 0 aliphatic rings. The first kappa shape index (κ1) is 16.7. The summed E-state index contributed by atoms with van der Waals surface area (Å²) in [6, 6.07) is 12.9. The number of primary amides is 1. The van der Waals surface area contributed by atoms with Gasteiger partial charge in [0.15, 0.2) is 11.5 Å². The summed E-state index contributed by atoms with van der Waals surface area (Å²) in [5.41, 5.74) is 6.82. The summed E-state index contributed by atoms with van der Waals surface area (Å²) in [6.07, 6.45) is 0.671. The molecule has 1 amide bonds. The van der Waals surface area contributed by atoms with E-state index in [0.29, 0.717) is 36.7 Å². The lowest BCUT2D eigenvalue weighted by molar-refractivity contribution is 0.0995. The van der Waals surface area contributed by atoms with Crippen molar-refractivity contribution >= 4 is 5.91 Å². The van der Waals surface area contributed by atoms with Crippen LogP contribution in [0.2, 0.25) is 0 Å². The molecule has 2 rings (SSSR count). The Hall–Kier alpha value is -2.69. The topological polar surface area (TPSA) is 70.8 Å². The highest BCUT2D eigenvalue weighted by Crippen LogP contribution is 2.30. The molecule has 0 aromatic heterocycles.